The maximum atomic E-state index is 12.6. The molecule has 0 fully saturated rings. The van der Waals surface area contributed by atoms with Gasteiger partial charge in [-0.1, -0.05) is 194 Å². The summed E-state index contributed by atoms with van der Waals surface area (Å²) in [6.07, 6.45) is 37.1. The Balaban J connectivity index is 4.17. The second-order valence-corrected chi connectivity index (χ2v) is 16.3. The van der Waals surface area contributed by atoms with Crippen LogP contribution in [0, 0.1) is 0 Å². The lowest BCUT2D eigenvalue weighted by Crippen LogP contribution is -2.29. The number of phosphoric acid groups is 1. The average molecular weight is 762 g/mol. The molecule has 0 bridgehead atoms. The highest BCUT2D eigenvalue weighted by Gasteiger charge is 2.26. The molecular weight excluding hydrogens is 677 g/mol. The Morgan fingerprint density at radius 3 is 1.23 bits per heavy atom. The summed E-state index contributed by atoms with van der Waals surface area (Å²) < 4.78 is 33.2. The highest BCUT2D eigenvalue weighted by molar-refractivity contribution is 7.47. The molecule has 2 unspecified atom stereocenters. The smallest absolute Gasteiger partial charge is 0.462 e. The van der Waals surface area contributed by atoms with Gasteiger partial charge in [-0.25, -0.2) is 4.57 Å². The Hall–Kier alpha value is -0.990. The lowest BCUT2D eigenvalue weighted by Gasteiger charge is -2.20. The molecule has 2 atom stereocenters. The molecule has 0 saturated heterocycles. The minimum absolute atomic E-state index is 0.0117. The minimum Gasteiger partial charge on any atom is -0.462 e. The molecule has 0 aliphatic heterocycles. The van der Waals surface area contributed by atoms with Crippen molar-refractivity contribution < 1.29 is 37.6 Å². The van der Waals surface area contributed by atoms with E-state index in [1.54, 1.807) is 7.05 Å². The zero-order valence-corrected chi connectivity index (χ0v) is 35.2. The van der Waals surface area contributed by atoms with Crippen LogP contribution in [0.4, 0.5) is 0 Å². The van der Waals surface area contributed by atoms with Gasteiger partial charge in [-0.3, -0.25) is 18.6 Å². The Kier molecular flexibility index (Phi) is 38.9. The summed E-state index contributed by atoms with van der Waals surface area (Å²) in [7, 11) is -2.64. The summed E-state index contributed by atoms with van der Waals surface area (Å²) in [6.45, 7) is 4.27. The van der Waals surface area contributed by atoms with E-state index >= 15 is 0 Å². The van der Waals surface area contributed by atoms with Crippen molar-refractivity contribution in [2.24, 2.45) is 0 Å². The fourth-order valence-electron chi connectivity index (χ4n) is 6.38. The molecule has 2 N–H and O–H groups in total. The molecule has 0 rings (SSSR count). The van der Waals surface area contributed by atoms with E-state index in [4.69, 9.17) is 18.5 Å². The summed E-state index contributed by atoms with van der Waals surface area (Å²) in [5.74, 6) is -0.791. The molecule has 10 heteroatoms. The Bertz CT molecular complexity index is 830. The van der Waals surface area contributed by atoms with Crippen LogP contribution in [0.5, 0.6) is 0 Å². The molecule has 0 radical (unpaired) electrons. The number of hydrogen-bond acceptors (Lipinski definition) is 8. The molecule has 0 aromatic heterocycles. The van der Waals surface area contributed by atoms with Gasteiger partial charge in [0.05, 0.1) is 13.2 Å². The van der Waals surface area contributed by atoms with Crippen molar-refractivity contribution in [1.29, 1.82) is 0 Å². The first-order valence-corrected chi connectivity index (χ1v) is 23.5. The molecule has 9 nitrogen and oxygen atoms in total. The van der Waals surface area contributed by atoms with Crippen LogP contribution in [0.25, 0.3) is 0 Å². The number of esters is 2. The summed E-state index contributed by atoms with van der Waals surface area (Å²) in [6, 6.07) is 0. The zero-order valence-electron chi connectivity index (χ0n) is 34.3. The number of rotatable bonds is 42. The summed E-state index contributed by atoms with van der Waals surface area (Å²) >= 11 is 0. The van der Waals surface area contributed by atoms with Gasteiger partial charge >= 0.3 is 19.8 Å². The van der Waals surface area contributed by atoms with E-state index in [1.165, 1.54) is 154 Å². The van der Waals surface area contributed by atoms with E-state index in [2.05, 4.69) is 19.2 Å². The molecule has 310 valence electrons. The number of hydrogen-bond donors (Lipinski definition) is 2. The first-order chi connectivity index (χ1) is 25.3. The number of likely N-dealkylation sites (N-methyl/N-ethyl adjacent to an activating group) is 1. The lowest BCUT2D eigenvalue weighted by molar-refractivity contribution is -0.161. The largest absolute Gasteiger partial charge is 0.472 e. The maximum Gasteiger partial charge on any atom is 0.472 e. The molecule has 0 aromatic carbocycles. The van der Waals surface area contributed by atoms with Crippen LogP contribution in [-0.4, -0.2) is 56.3 Å². The second-order valence-electron chi connectivity index (χ2n) is 14.9. The molecule has 0 aliphatic rings. The van der Waals surface area contributed by atoms with Crippen molar-refractivity contribution in [1.82, 2.24) is 5.32 Å². The number of nitrogens with one attached hydrogen (secondary N) is 1. The number of phosphoric ester groups is 1. The topological polar surface area (TPSA) is 120 Å². The summed E-state index contributed by atoms with van der Waals surface area (Å²) in [5, 5.41) is 2.83. The fraction of sp³-hybridized carbons (Fsp3) is 0.952. The highest BCUT2D eigenvalue weighted by Crippen LogP contribution is 2.43. The van der Waals surface area contributed by atoms with Crippen LogP contribution >= 0.6 is 7.82 Å². The van der Waals surface area contributed by atoms with Crippen LogP contribution in [-0.2, 0) is 32.7 Å². The van der Waals surface area contributed by atoms with E-state index in [-0.39, 0.29) is 25.6 Å². The van der Waals surface area contributed by atoms with Crippen LogP contribution in [0.1, 0.15) is 219 Å². The van der Waals surface area contributed by atoms with Gasteiger partial charge in [-0.2, -0.15) is 0 Å². The third-order valence-electron chi connectivity index (χ3n) is 9.73. The van der Waals surface area contributed by atoms with Gasteiger partial charge in [-0.15, -0.1) is 0 Å². The van der Waals surface area contributed by atoms with Gasteiger partial charge in [0.25, 0.3) is 0 Å². The van der Waals surface area contributed by atoms with Gasteiger partial charge in [-0.05, 0) is 19.9 Å². The van der Waals surface area contributed by atoms with Crippen molar-refractivity contribution in [3.8, 4) is 0 Å². The number of carbonyl (C=O) groups is 2. The van der Waals surface area contributed by atoms with Crippen LogP contribution in [0.3, 0.4) is 0 Å². The SMILES string of the molecule is CCCCCCCCCCCCCCCCCC(=O)OCC(COP(=O)(O)OCCNC)OC(=O)CCCCCCCCCCCCCCCCC. The lowest BCUT2D eigenvalue weighted by atomic mass is 10.0. The molecule has 0 amide bonds. The van der Waals surface area contributed by atoms with Crippen LogP contribution < -0.4 is 5.32 Å². The average Bonchev–Trinajstić information content (AvgIpc) is 3.12. The number of carbonyl (C=O) groups excluding carboxylic acids is 2. The van der Waals surface area contributed by atoms with Gasteiger partial charge in [0, 0.05) is 19.4 Å². The van der Waals surface area contributed by atoms with Crippen LogP contribution in [0.15, 0.2) is 0 Å². The second kappa shape index (κ2) is 39.7. The van der Waals surface area contributed by atoms with Crippen LogP contribution in [0.2, 0.25) is 0 Å². The Labute approximate surface area is 320 Å². The predicted octanol–water partition coefficient (Wildman–Crippen LogP) is 12.3. The standard InChI is InChI=1S/C42H84NO8P/c1-4-6-8-10-12-14-16-18-20-22-24-26-28-30-32-34-41(44)48-38-40(39-50-52(46,47)49-37-36-43-3)51-42(45)35-33-31-29-27-25-23-21-19-17-15-13-11-9-7-5-2/h40,43H,4-39H2,1-3H3,(H,46,47). The summed E-state index contributed by atoms with van der Waals surface area (Å²) in [5.41, 5.74) is 0. The molecule has 0 aliphatic carbocycles. The fourth-order valence-corrected chi connectivity index (χ4v) is 7.13. The Morgan fingerprint density at radius 1 is 0.519 bits per heavy atom. The molecule has 0 aromatic rings. The number of unbranched alkanes of at least 4 members (excludes halogenated alkanes) is 28. The highest BCUT2D eigenvalue weighted by atomic mass is 31.2. The van der Waals surface area contributed by atoms with E-state index in [1.807, 2.05) is 0 Å². The molecule has 0 spiro atoms. The third kappa shape index (κ3) is 38.7. The molecule has 0 saturated carbocycles. The maximum absolute atomic E-state index is 12.6. The third-order valence-corrected chi connectivity index (χ3v) is 10.7. The summed E-state index contributed by atoms with van der Waals surface area (Å²) in [4.78, 5) is 35.0. The van der Waals surface area contributed by atoms with Gasteiger partial charge < -0.3 is 19.7 Å². The van der Waals surface area contributed by atoms with Gasteiger partial charge in [0.15, 0.2) is 6.10 Å². The zero-order chi connectivity index (χ0) is 38.2. The first-order valence-electron chi connectivity index (χ1n) is 22.0. The Morgan fingerprint density at radius 2 is 0.865 bits per heavy atom. The van der Waals surface area contributed by atoms with Crippen molar-refractivity contribution in [3.63, 3.8) is 0 Å². The molecular formula is C42H84NO8P. The van der Waals surface area contributed by atoms with Crippen molar-refractivity contribution in [3.05, 3.63) is 0 Å². The van der Waals surface area contributed by atoms with Crippen molar-refractivity contribution in [2.75, 3.05) is 33.4 Å². The van der Waals surface area contributed by atoms with Crippen molar-refractivity contribution >= 4 is 19.8 Å². The van der Waals surface area contributed by atoms with E-state index in [9.17, 15) is 19.0 Å². The monoisotopic (exact) mass is 762 g/mol. The van der Waals surface area contributed by atoms with E-state index in [0.717, 1.165) is 38.5 Å². The number of ether oxygens (including phenoxy) is 2. The van der Waals surface area contributed by atoms with E-state index in [0.29, 0.717) is 13.0 Å². The molecule has 0 heterocycles. The minimum atomic E-state index is -4.34. The normalized spacial score (nSPS) is 13.2. The van der Waals surface area contributed by atoms with Crippen molar-refractivity contribution in [2.45, 2.75) is 225 Å². The molecule has 52 heavy (non-hydrogen) atoms. The van der Waals surface area contributed by atoms with Gasteiger partial charge in [0.2, 0.25) is 0 Å². The van der Waals surface area contributed by atoms with Gasteiger partial charge in [0.1, 0.15) is 6.61 Å². The van der Waals surface area contributed by atoms with E-state index < -0.39 is 26.5 Å². The first kappa shape index (κ1) is 51.0. The predicted molar refractivity (Wildman–Crippen MR) is 216 cm³/mol. The quantitative estimate of drug-likeness (QED) is 0.0356.